The first-order chi connectivity index (χ1) is 12.3. The number of amides is 2. The van der Waals surface area contributed by atoms with E-state index in [0.717, 1.165) is 6.42 Å². The Kier molecular flexibility index (Phi) is 9.25. The Hall–Kier alpha value is -1.97. The number of carbonyl (C=O) groups is 2. The maximum absolute atomic E-state index is 12.1. The van der Waals surface area contributed by atoms with E-state index in [1.165, 1.54) is 31.4 Å². The molecule has 0 radical (unpaired) electrons. The standard InChI is InChI=1S/C17H27N3O5S/c1-4-13(2)20-16(21)9-10-18-17(22)14-5-7-15(8-6-14)26(23,24)19-11-12-25-3/h5-8,13,19H,4,9-12H2,1-3H3,(H,18,22)(H,20,21). The molecule has 0 aliphatic heterocycles. The SMILES string of the molecule is CCC(C)NC(=O)CCNC(=O)c1ccc(S(=O)(=O)NCCOC)cc1. The van der Waals surface area contributed by atoms with E-state index in [1.54, 1.807) is 0 Å². The first kappa shape index (κ1) is 22.1. The van der Waals surface area contributed by atoms with Crippen molar-refractivity contribution in [2.24, 2.45) is 0 Å². The van der Waals surface area contributed by atoms with Gasteiger partial charge in [0.1, 0.15) is 0 Å². The average molecular weight is 385 g/mol. The molecule has 26 heavy (non-hydrogen) atoms. The largest absolute Gasteiger partial charge is 0.383 e. The maximum Gasteiger partial charge on any atom is 0.251 e. The van der Waals surface area contributed by atoms with Crippen LogP contribution >= 0.6 is 0 Å². The fourth-order valence-electron chi connectivity index (χ4n) is 1.99. The van der Waals surface area contributed by atoms with Gasteiger partial charge < -0.3 is 15.4 Å². The first-order valence-electron chi connectivity index (χ1n) is 8.46. The summed E-state index contributed by atoms with van der Waals surface area (Å²) in [6.07, 6.45) is 1.03. The van der Waals surface area contributed by atoms with Crippen LogP contribution in [0.2, 0.25) is 0 Å². The molecule has 0 aliphatic carbocycles. The normalized spacial score (nSPS) is 12.4. The Morgan fingerprint density at radius 2 is 1.81 bits per heavy atom. The third kappa shape index (κ3) is 7.51. The van der Waals surface area contributed by atoms with Crippen LogP contribution in [0, 0.1) is 0 Å². The Morgan fingerprint density at radius 1 is 1.15 bits per heavy atom. The van der Waals surface area contributed by atoms with Gasteiger partial charge in [-0.25, -0.2) is 13.1 Å². The minimum Gasteiger partial charge on any atom is -0.383 e. The van der Waals surface area contributed by atoms with E-state index >= 15 is 0 Å². The van der Waals surface area contributed by atoms with E-state index in [2.05, 4.69) is 15.4 Å². The highest BCUT2D eigenvalue weighted by molar-refractivity contribution is 7.89. The Morgan fingerprint density at radius 3 is 2.38 bits per heavy atom. The fourth-order valence-corrected chi connectivity index (χ4v) is 3.00. The number of hydrogen-bond acceptors (Lipinski definition) is 5. The van der Waals surface area contributed by atoms with Crippen molar-refractivity contribution >= 4 is 21.8 Å². The summed E-state index contributed by atoms with van der Waals surface area (Å²) in [7, 11) is -2.15. The minimum absolute atomic E-state index is 0.0677. The van der Waals surface area contributed by atoms with Crippen LogP contribution < -0.4 is 15.4 Å². The van der Waals surface area contributed by atoms with Gasteiger partial charge in [0.2, 0.25) is 15.9 Å². The molecule has 0 fully saturated rings. The van der Waals surface area contributed by atoms with Gasteiger partial charge in [-0.1, -0.05) is 6.92 Å². The summed E-state index contributed by atoms with van der Waals surface area (Å²) in [6.45, 7) is 4.53. The lowest BCUT2D eigenvalue weighted by Gasteiger charge is -2.11. The molecule has 0 spiro atoms. The van der Waals surface area contributed by atoms with Crippen LogP contribution in [0.1, 0.15) is 37.0 Å². The molecule has 1 atom stereocenters. The maximum atomic E-state index is 12.1. The number of carbonyl (C=O) groups excluding carboxylic acids is 2. The third-order valence-corrected chi connectivity index (χ3v) is 5.16. The lowest BCUT2D eigenvalue weighted by molar-refractivity contribution is -0.121. The molecule has 146 valence electrons. The van der Waals surface area contributed by atoms with Crippen molar-refractivity contribution in [3.05, 3.63) is 29.8 Å². The molecule has 1 aromatic carbocycles. The highest BCUT2D eigenvalue weighted by Crippen LogP contribution is 2.10. The number of sulfonamides is 1. The topological polar surface area (TPSA) is 114 Å². The van der Waals surface area contributed by atoms with Crippen molar-refractivity contribution in [3.63, 3.8) is 0 Å². The molecule has 1 rings (SSSR count). The van der Waals surface area contributed by atoms with Crippen LogP contribution in [0.4, 0.5) is 0 Å². The molecule has 0 bridgehead atoms. The second-order valence-corrected chi connectivity index (χ2v) is 7.56. The summed E-state index contributed by atoms with van der Waals surface area (Å²) < 4.78 is 31.3. The monoisotopic (exact) mass is 385 g/mol. The third-order valence-electron chi connectivity index (χ3n) is 3.68. The molecular formula is C17H27N3O5S. The molecule has 0 aliphatic rings. The van der Waals surface area contributed by atoms with Crippen molar-refractivity contribution < 1.29 is 22.7 Å². The molecule has 2 amide bonds. The molecule has 0 heterocycles. The van der Waals surface area contributed by atoms with Crippen LogP contribution in [0.5, 0.6) is 0 Å². The summed E-state index contributed by atoms with van der Waals surface area (Å²) in [6, 6.07) is 5.68. The molecule has 9 heteroatoms. The smallest absolute Gasteiger partial charge is 0.251 e. The van der Waals surface area contributed by atoms with Crippen LogP contribution in [0.25, 0.3) is 0 Å². The van der Waals surface area contributed by atoms with Gasteiger partial charge in [-0.05, 0) is 37.6 Å². The molecule has 1 aromatic rings. The lowest BCUT2D eigenvalue weighted by atomic mass is 10.2. The summed E-state index contributed by atoms with van der Waals surface area (Å²) in [4.78, 5) is 23.8. The van der Waals surface area contributed by atoms with E-state index in [9.17, 15) is 18.0 Å². The van der Waals surface area contributed by atoms with Crippen LogP contribution in [-0.2, 0) is 19.6 Å². The Bertz CT molecular complexity index is 689. The zero-order chi connectivity index (χ0) is 19.6. The number of rotatable bonds is 11. The number of nitrogens with one attached hydrogen (secondary N) is 3. The zero-order valence-corrected chi connectivity index (χ0v) is 16.2. The summed E-state index contributed by atoms with van der Waals surface area (Å²) in [5, 5.41) is 5.46. The predicted molar refractivity (Wildman–Crippen MR) is 98.4 cm³/mol. The van der Waals surface area contributed by atoms with E-state index in [0.29, 0.717) is 5.56 Å². The second kappa shape index (κ2) is 10.9. The number of hydrogen-bond donors (Lipinski definition) is 3. The van der Waals surface area contributed by atoms with Gasteiger partial charge in [-0.15, -0.1) is 0 Å². The van der Waals surface area contributed by atoms with Crippen molar-refractivity contribution in [1.29, 1.82) is 0 Å². The van der Waals surface area contributed by atoms with Crippen LogP contribution in [-0.4, -0.2) is 53.1 Å². The van der Waals surface area contributed by atoms with Crippen LogP contribution in [0.15, 0.2) is 29.2 Å². The van der Waals surface area contributed by atoms with Gasteiger partial charge >= 0.3 is 0 Å². The summed E-state index contributed by atoms with van der Waals surface area (Å²) >= 11 is 0. The fraction of sp³-hybridized carbons (Fsp3) is 0.529. The van der Waals surface area contributed by atoms with Gasteiger partial charge in [-0.3, -0.25) is 9.59 Å². The second-order valence-electron chi connectivity index (χ2n) is 5.80. The lowest BCUT2D eigenvalue weighted by Crippen LogP contribution is -2.35. The summed E-state index contributed by atoms with van der Waals surface area (Å²) in [5.41, 5.74) is 0.322. The van der Waals surface area contributed by atoms with Gasteiger partial charge in [0, 0.05) is 38.2 Å². The molecular weight excluding hydrogens is 358 g/mol. The van der Waals surface area contributed by atoms with Crippen molar-refractivity contribution in [2.75, 3.05) is 26.8 Å². The number of benzene rings is 1. The van der Waals surface area contributed by atoms with E-state index in [4.69, 9.17) is 4.74 Å². The van der Waals surface area contributed by atoms with Crippen molar-refractivity contribution in [2.45, 2.75) is 37.6 Å². The minimum atomic E-state index is -3.63. The van der Waals surface area contributed by atoms with E-state index < -0.39 is 10.0 Å². The van der Waals surface area contributed by atoms with Gasteiger partial charge in [0.05, 0.1) is 11.5 Å². The Labute approximate surface area is 154 Å². The quantitative estimate of drug-likeness (QED) is 0.484. The first-order valence-corrected chi connectivity index (χ1v) is 9.94. The molecule has 0 saturated heterocycles. The number of ether oxygens (including phenoxy) is 1. The number of methoxy groups -OCH3 is 1. The molecule has 1 unspecified atom stereocenters. The highest BCUT2D eigenvalue weighted by atomic mass is 32.2. The molecule has 3 N–H and O–H groups in total. The van der Waals surface area contributed by atoms with Gasteiger partial charge in [0.25, 0.3) is 5.91 Å². The molecule has 8 nitrogen and oxygen atoms in total. The van der Waals surface area contributed by atoms with Gasteiger partial charge in [0.15, 0.2) is 0 Å². The van der Waals surface area contributed by atoms with Crippen molar-refractivity contribution in [3.8, 4) is 0 Å². The van der Waals surface area contributed by atoms with E-state index in [1.807, 2.05) is 13.8 Å². The van der Waals surface area contributed by atoms with E-state index in [-0.39, 0.29) is 48.9 Å². The zero-order valence-electron chi connectivity index (χ0n) is 15.4. The summed E-state index contributed by atoms with van der Waals surface area (Å²) in [5.74, 6) is -0.485. The Balaban J connectivity index is 2.52. The van der Waals surface area contributed by atoms with Crippen LogP contribution in [0.3, 0.4) is 0 Å². The average Bonchev–Trinajstić information content (AvgIpc) is 2.61. The highest BCUT2D eigenvalue weighted by Gasteiger charge is 2.14. The molecule has 0 aromatic heterocycles. The predicted octanol–water partition coefficient (Wildman–Crippen LogP) is 0.646. The molecule has 0 saturated carbocycles. The van der Waals surface area contributed by atoms with Crippen molar-refractivity contribution in [1.82, 2.24) is 15.4 Å². The van der Waals surface area contributed by atoms with Gasteiger partial charge in [-0.2, -0.15) is 0 Å².